The Kier molecular flexibility index (Phi) is 2.31. The number of hydrogen-bond donors (Lipinski definition) is 0. The Bertz CT molecular complexity index is 324. The summed E-state index contributed by atoms with van der Waals surface area (Å²) in [5, 5.41) is 0. The van der Waals surface area contributed by atoms with E-state index in [1.54, 1.807) is 19.2 Å². The number of hydrogen-bond acceptors (Lipinski definition) is 3. The number of aryl methyl sites for hydroxylation is 1. The molecule has 3 nitrogen and oxygen atoms in total. The van der Waals surface area contributed by atoms with E-state index >= 15 is 0 Å². The predicted octanol–water partition coefficient (Wildman–Crippen LogP) is 1.49. The van der Waals surface area contributed by atoms with E-state index < -0.39 is 12.3 Å². The van der Waals surface area contributed by atoms with Crippen LogP contribution in [0.15, 0.2) is 12.3 Å². The van der Waals surface area contributed by atoms with Crippen LogP contribution in [0.1, 0.15) is 5.82 Å². The third-order valence-corrected chi connectivity index (χ3v) is 2.35. The second-order valence-corrected chi connectivity index (χ2v) is 3.46. The Morgan fingerprint density at radius 2 is 2.21 bits per heavy atom. The summed E-state index contributed by atoms with van der Waals surface area (Å²) in [6.07, 6.45) is -0.568. The van der Waals surface area contributed by atoms with E-state index in [4.69, 9.17) is 0 Å². The van der Waals surface area contributed by atoms with Crippen LogP contribution in [0, 0.1) is 12.8 Å². The van der Waals surface area contributed by atoms with Crippen LogP contribution in [0.25, 0.3) is 0 Å². The van der Waals surface area contributed by atoms with Crippen LogP contribution < -0.4 is 4.90 Å². The maximum Gasteiger partial charge on any atom is 0.244 e. The second-order valence-electron chi connectivity index (χ2n) is 3.46. The SMILES string of the molecule is Cc1nccc(N2CC(C(F)F)C2)n1. The van der Waals surface area contributed by atoms with Gasteiger partial charge in [0.05, 0.1) is 5.92 Å². The van der Waals surface area contributed by atoms with Crippen LogP contribution in [0.3, 0.4) is 0 Å². The van der Waals surface area contributed by atoms with E-state index in [1.807, 2.05) is 4.90 Å². The molecule has 0 aromatic carbocycles. The fraction of sp³-hybridized carbons (Fsp3) is 0.556. The Labute approximate surface area is 80.8 Å². The molecule has 2 rings (SSSR count). The minimum atomic E-state index is -2.21. The van der Waals surface area contributed by atoms with Gasteiger partial charge in [0.1, 0.15) is 11.6 Å². The third kappa shape index (κ3) is 1.66. The molecule has 1 aliphatic heterocycles. The van der Waals surface area contributed by atoms with Crippen molar-refractivity contribution in [2.45, 2.75) is 13.3 Å². The lowest BCUT2D eigenvalue weighted by Crippen LogP contribution is -2.50. The number of nitrogens with zero attached hydrogens (tertiary/aromatic N) is 3. The van der Waals surface area contributed by atoms with Crippen molar-refractivity contribution >= 4 is 5.82 Å². The molecular formula is C9H11F2N3. The number of alkyl halides is 2. The third-order valence-electron chi connectivity index (χ3n) is 2.35. The molecule has 0 amide bonds. The molecule has 2 heterocycles. The highest BCUT2D eigenvalue weighted by atomic mass is 19.3. The Morgan fingerprint density at radius 3 is 2.79 bits per heavy atom. The summed E-state index contributed by atoms with van der Waals surface area (Å²) in [5.74, 6) is 0.919. The van der Waals surface area contributed by atoms with Crippen molar-refractivity contribution in [3.8, 4) is 0 Å². The minimum Gasteiger partial charge on any atom is -0.355 e. The van der Waals surface area contributed by atoms with E-state index in [9.17, 15) is 8.78 Å². The molecule has 14 heavy (non-hydrogen) atoms. The van der Waals surface area contributed by atoms with Gasteiger partial charge in [-0.25, -0.2) is 18.7 Å². The highest BCUT2D eigenvalue weighted by Crippen LogP contribution is 2.26. The zero-order valence-electron chi connectivity index (χ0n) is 7.82. The number of halogens is 2. The van der Waals surface area contributed by atoms with Gasteiger partial charge in [-0.2, -0.15) is 0 Å². The summed E-state index contributed by atoms with van der Waals surface area (Å²) in [5.41, 5.74) is 0. The van der Waals surface area contributed by atoms with Crippen LogP contribution in [0.4, 0.5) is 14.6 Å². The van der Waals surface area contributed by atoms with E-state index in [2.05, 4.69) is 9.97 Å². The van der Waals surface area contributed by atoms with Gasteiger partial charge >= 0.3 is 0 Å². The van der Waals surface area contributed by atoms with Gasteiger partial charge in [-0.1, -0.05) is 0 Å². The van der Waals surface area contributed by atoms with Gasteiger partial charge in [-0.05, 0) is 13.0 Å². The quantitative estimate of drug-likeness (QED) is 0.722. The van der Waals surface area contributed by atoms with E-state index in [0.717, 1.165) is 5.82 Å². The summed E-state index contributed by atoms with van der Waals surface area (Å²) in [4.78, 5) is 9.95. The molecule has 0 unspecified atom stereocenters. The predicted molar refractivity (Wildman–Crippen MR) is 48.5 cm³/mol. The first-order chi connectivity index (χ1) is 6.66. The van der Waals surface area contributed by atoms with Crippen molar-refractivity contribution in [3.05, 3.63) is 18.1 Å². The van der Waals surface area contributed by atoms with Gasteiger partial charge in [0, 0.05) is 19.3 Å². The zero-order chi connectivity index (χ0) is 10.1. The molecular weight excluding hydrogens is 188 g/mol. The lowest BCUT2D eigenvalue weighted by atomic mass is 10.0. The van der Waals surface area contributed by atoms with Crippen molar-refractivity contribution in [1.29, 1.82) is 0 Å². The van der Waals surface area contributed by atoms with Gasteiger partial charge in [-0.15, -0.1) is 0 Å². The first-order valence-corrected chi connectivity index (χ1v) is 4.49. The Morgan fingerprint density at radius 1 is 1.50 bits per heavy atom. The first-order valence-electron chi connectivity index (χ1n) is 4.49. The molecule has 0 N–H and O–H groups in total. The molecule has 5 heteroatoms. The number of aromatic nitrogens is 2. The molecule has 1 saturated heterocycles. The minimum absolute atomic E-state index is 0.397. The molecule has 0 bridgehead atoms. The van der Waals surface area contributed by atoms with Gasteiger partial charge in [0.25, 0.3) is 0 Å². The normalized spacial score (nSPS) is 17.3. The second kappa shape index (κ2) is 3.48. The topological polar surface area (TPSA) is 29.0 Å². The summed E-state index contributed by atoms with van der Waals surface area (Å²) in [7, 11) is 0. The summed E-state index contributed by atoms with van der Waals surface area (Å²) < 4.78 is 24.4. The molecule has 1 aliphatic rings. The van der Waals surface area contributed by atoms with E-state index in [-0.39, 0.29) is 0 Å². The Hall–Kier alpha value is -1.26. The number of rotatable bonds is 2. The summed E-state index contributed by atoms with van der Waals surface area (Å²) in [6.45, 7) is 2.58. The molecule has 0 spiro atoms. The van der Waals surface area contributed by atoms with Crippen LogP contribution in [0.5, 0.6) is 0 Å². The molecule has 1 aromatic heterocycles. The molecule has 0 aliphatic carbocycles. The van der Waals surface area contributed by atoms with E-state index in [0.29, 0.717) is 18.9 Å². The monoisotopic (exact) mass is 199 g/mol. The highest BCUT2D eigenvalue weighted by Gasteiger charge is 2.34. The molecule has 76 valence electrons. The molecule has 0 saturated carbocycles. The molecule has 0 radical (unpaired) electrons. The first kappa shape index (κ1) is 9.30. The fourth-order valence-electron chi connectivity index (χ4n) is 1.48. The zero-order valence-corrected chi connectivity index (χ0v) is 7.82. The van der Waals surface area contributed by atoms with E-state index in [1.165, 1.54) is 0 Å². The van der Waals surface area contributed by atoms with Crippen molar-refractivity contribution in [2.24, 2.45) is 5.92 Å². The summed E-state index contributed by atoms with van der Waals surface area (Å²) >= 11 is 0. The van der Waals surface area contributed by atoms with Gasteiger partial charge in [-0.3, -0.25) is 0 Å². The lowest BCUT2D eigenvalue weighted by Gasteiger charge is -2.39. The number of anilines is 1. The smallest absolute Gasteiger partial charge is 0.244 e. The lowest BCUT2D eigenvalue weighted by molar-refractivity contribution is 0.0611. The molecule has 0 atom stereocenters. The van der Waals surface area contributed by atoms with Crippen molar-refractivity contribution in [2.75, 3.05) is 18.0 Å². The van der Waals surface area contributed by atoms with Crippen LogP contribution in [0.2, 0.25) is 0 Å². The standard InChI is InChI=1S/C9H11F2N3/c1-6-12-3-2-8(13-6)14-4-7(5-14)9(10)11/h2-3,7,9H,4-5H2,1H3. The fourth-order valence-corrected chi connectivity index (χ4v) is 1.48. The van der Waals surface area contributed by atoms with Crippen LogP contribution in [-0.2, 0) is 0 Å². The van der Waals surface area contributed by atoms with Gasteiger partial charge in [0.2, 0.25) is 6.43 Å². The largest absolute Gasteiger partial charge is 0.355 e. The van der Waals surface area contributed by atoms with Crippen molar-refractivity contribution < 1.29 is 8.78 Å². The Balaban J connectivity index is 2.00. The van der Waals surface area contributed by atoms with Crippen LogP contribution in [-0.4, -0.2) is 29.5 Å². The van der Waals surface area contributed by atoms with Crippen molar-refractivity contribution in [1.82, 2.24) is 9.97 Å². The molecule has 1 fully saturated rings. The van der Waals surface area contributed by atoms with Gasteiger partial charge in [0.15, 0.2) is 0 Å². The van der Waals surface area contributed by atoms with Crippen molar-refractivity contribution in [3.63, 3.8) is 0 Å². The highest BCUT2D eigenvalue weighted by molar-refractivity contribution is 5.40. The maximum absolute atomic E-state index is 12.2. The average molecular weight is 199 g/mol. The molecule has 1 aromatic rings. The maximum atomic E-state index is 12.2. The van der Waals surface area contributed by atoms with Gasteiger partial charge < -0.3 is 4.90 Å². The van der Waals surface area contributed by atoms with Crippen LogP contribution >= 0.6 is 0 Å². The summed E-state index contributed by atoms with van der Waals surface area (Å²) in [6, 6.07) is 1.74. The average Bonchev–Trinajstić information content (AvgIpc) is 2.00.